The molecule has 0 amide bonds. The summed E-state index contributed by atoms with van der Waals surface area (Å²) in [6, 6.07) is 0. The third-order valence-corrected chi connectivity index (χ3v) is 2.97. The van der Waals surface area contributed by atoms with Crippen LogP contribution in [0.3, 0.4) is 0 Å². The van der Waals surface area contributed by atoms with E-state index in [2.05, 4.69) is 0 Å². The molecular formula is C12H22O5. The summed E-state index contributed by atoms with van der Waals surface area (Å²) >= 11 is 0. The number of esters is 1. The van der Waals surface area contributed by atoms with E-state index in [1.165, 1.54) is 7.11 Å². The summed E-state index contributed by atoms with van der Waals surface area (Å²) in [6.45, 7) is 5.73. The summed E-state index contributed by atoms with van der Waals surface area (Å²) in [5.74, 6) is -1.81. The molecule has 0 aliphatic heterocycles. The molecule has 0 aromatic carbocycles. The van der Waals surface area contributed by atoms with Gasteiger partial charge in [-0.3, -0.25) is 9.59 Å². The van der Waals surface area contributed by atoms with E-state index in [0.717, 1.165) is 0 Å². The first-order chi connectivity index (χ1) is 7.87. The summed E-state index contributed by atoms with van der Waals surface area (Å²) in [4.78, 5) is 22.7. The van der Waals surface area contributed by atoms with Crippen LogP contribution in [-0.2, 0) is 19.1 Å². The van der Waals surface area contributed by atoms with E-state index in [4.69, 9.17) is 14.6 Å². The van der Waals surface area contributed by atoms with Crippen LogP contribution in [-0.4, -0.2) is 37.4 Å². The first kappa shape index (κ1) is 15.9. The Morgan fingerprint density at radius 3 is 2.35 bits per heavy atom. The highest BCUT2D eigenvalue weighted by Crippen LogP contribution is 2.31. The topological polar surface area (TPSA) is 72.8 Å². The molecule has 5 heteroatoms. The van der Waals surface area contributed by atoms with Gasteiger partial charge in [0.1, 0.15) is 6.61 Å². The highest BCUT2D eigenvalue weighted by molar-refractivity contribution is 5.78. The zero-order valence-corrected chi connectivity index (χ0v) is 11.0. The second-order valence-corrected chi connectivity index (χ2v) is 4.49. The van der Waals surface area contributed by atoms with Crippen molar-refractivity contribution in [1.82, 2.24) is 0 Å². The van der Waals surface area contributed by atoms with Crippen LogP contribution < -0.4 is 0 Å². The van der Waals surface area contributed by atoms with Gasteiger partial charge in [-0.1, -0.05) is 13.8 Å². The van der Waals surface area contributed by atoms with Crippen molar-refractivity contribution >= 4 is 11.9 Å². The maximum absolute atomic E-state index is 11.9. The van der Waals surface area contributed by atoms with Crippen LogP contribution in [0.25, 0.3) is 0 Å². The first-order valence-corrected chi connectivity index (χ1v) is 5.76. The number of carbonyl (C=O) groups excluding carboxylic acids is 1. The standard InChI is InChI=1S/C12H22O5/c1-5-12(3,8-9(2)10(13)14)11(15)17-7-6-16-4/h9H,5-8H2,1-4H3,(H,13,14). The third-order valence-electron chi connectivity index (χ3n) is 2.97. The minimum atomic E-state index is -0.894. The van der Waals surface area contributed by atoms with Gasteiger partial charge >= 0.3 is 11.9 Å². The molecule has 0 spiro atoms. The van der Waals surface area contributed by atoms with E-state index in [1.807, 2.05) is 6.92 Å². The molecule has 0 heterocycles. The number of rotatable bonds is 8. The van der Waals surface area contributed by atoms with Crippen LogP contribution in [0.15, 0.2) is 0 Å². The van der Waals surface area contributed by atoms with Crippen molar-refractivity contribution < 1.29 is 24.2 Å². The van der Waals surface area contributed by atoms with Crippen LogP contribution >= 0.6 is 0 Å². The quantitative estimate of drug-likeness (QED) is 0.521. The number of methoxy groups -OCH3 is 1. The van der Waals surface area contributed by atoms with E-state index in [1.54, 1.807) is 13.8 Å². The predicted octanol–water partition coefficient (Wildman–Crippen LogP) is 1.70. The molecule has 0 rings (SSSR count). The Bertz CT molecular complexity index is 264. The fourth-order valence-electron chi connectivity index (χ4n) is 1.53. The monoisotopic (exact) mass is 246 g/mol. The molecule has 0 bridgehead atoms. The van der Waals surface area contributed by atoms with Gasteiger partial charge in [0.05, 0.1) is 17.9 Å². The van der Waals surface area contributed by atoms with Crippen molar-refractivity contribution in [2.45, 2.75) is 33.6 Å². The van der Waals surface area contributed by atoms with Crippen LogP contribution in [0, 0.1) is 11.3 Å². The molecule has 0 aromatic rings. The lowest BCUT2D eigenvalue weighted by molar-refractivity contribution is -0.158. The summed E-state index contributed by atoms with van der Waals surface area (Å²) < 4.78 is 9.85. The molecule has 2 unspecified atom stereocenters. The van der Waals surface area contributed by atoms with Gasteiger partial charge in [-0.15, -0.1) is 0 Å². The Balaban J connectivity index is 4.43. The van der Waals surface area contributed by atoms with Gasteiger partial charge in [0.2, 0.25) is 0 Å². The van der Waals surface area contributed by atoms with E-state index in [0.29, 0.717) is 13.0 Å². The molecular weight excluding hydrogens is 224 g/mol. The summed E-state index contributed by atoms with van der Waals surface area (Å²) in [6.07, 6.45) is 0.834. The van der Waals surface area contributed by atoms with Gasteiger partial charge in [0, 0.05) is 7.11 Å². The highest BCUT2D eigenvalue weighted by Gasteiger charge is 2.36. The number of ether oxygens (including phenoxy) is 2. The van der Waals surface area contributed by atoms with E-state index in [-0.39, 0.29) is 19.0 Å². The van der Waals surface area contributed by atoms with Crippen molar-refractivity contribution in [2.75, 3.05) is 20.3 Å². The van der Waals surface area contributed by atoms with E-state index >= 15 is 0 Å². The van der Waals surface area contributed by atoms with E-state index < -0.39 is 17.3 Å². The number of hydrogen-bond donors (Lipinski definition) is 1. The maximum atomic E-state index is 11.9. The second kappa shape index (κ2) is 7.27. The van der Waals surface area contributed by atoms with Gasteiger partial charge in [0.25, 0.3) is 0 Å². The summed E-state index contributed by atoms with van der Waals surface area (Å²) in [7, 11) is 1.53. The molecule has 100 valence electrons. The average molecular weight is 246 g/mol. The Labute approximate surface area is 102 Å². The fraction of sp³-hybridized carbons (Fsp3) is 0.833. The van der Waals surface area contributed by atoms with Crippen molar-refractivity contribution in [1.29, 1.82) is 0 Å². The van der Waals surface area contributed by atoms with Crippen LogP contribution in [0.5, 0.6) is 0 Å². The van der Waals surface area contributed by atoms with Crippen molar-refractivity contribution in [2.24, 2.45) is 11.3 Å². The highest BCUT2D eigenvalue weighted by atomic mass is 16.6. The smallest absolute Gasteiger partial charge is 0.311 e. The second-order valence-electron chi connectivity index (χ2n) is 4.49. The zero-order chi connectivity index (χ0) is 13.5. The molecule has 17 heavy (non-hydrogen) atoms. The van der Waals surface area contributed by atoms with Gasteiger partial charge in [-0.05, 0) is 19.8 Å². The van der Waals surface area contributed by atoms with Crippen LogP contribution in [0.2, 0.25) is 0 Å². The maximum Gasteiger partial charge on any atom is 0.311 e. The molecule has 0 aromatic heterocycles. The van der Waals surface area contributed by atoms with Crippen molar-refractivity contribution in [3.63, 3.8) is 0 Å². The molecule has 0 saturated carbocycles. The number of carbonyl (C=O) groups is 2. The summed E-state index contributed by atoms with van der Waals surface area (Å²) in [5.41, 5.74) is -0.744. The predicted molar refractivity (Wildman–Crippen MR) is 62.6 cm³/mol. The summed E-state index contributed by atoms with van der Waals surface area (Å²) in [5, 5.41) is 8.86. The first-order valence-electron chi connectivity index (χ1n) is 5.76. The Kier molecular flexibility index (Phi) is 6.80. The minimum absolute atomic E-state index is 0.201. The molecule has 0 saturated heterocycles. The van der Waals surface area contributed by atoms with Gasteiger partial charge < -0.3 is 14.6 Å². The largest absolute Gasteiger partial charge is 0.481 e. The van der Waals surface area contributed by atoms with Gasteiger partial charge in [-0.25, -0.2) is 0 Å². The van der Waals surface area contributed by atoms with Crippen LogP contribution in [0.4, 0.5) is 0 Å². The molecule has 1 N–H and O–H groups in total. The van der Waals surface area contributed by atoms with Gasteiger partial charge in [0.15, 0.2) is 0 Å². The van der Waals surface area contributed by atoms with Crippen molar-refractivity contribution in [3.05, 3.63) is 0 Å². The van der Waals surface area contributed by atoms with Gasteiger partial charge in [-0.2, -0.15) is 0 Å². The van der Waals surface area contributed by atoms with E-state index in [9.17, 15) is 9.59 Å². The Morgan fingerprint density at radius 2 is 1.94 bits per heavy atom. The number of aliphatic carboxylic acids is 1. The Morgan fingerprint density at radius 1 is 1.35 bits per heavy atom. The molecule has 5 nitrogen and oxygen atoms in total. The molecule has 2 atom stereocenters. The van der Waals surface area contributed by atoms with Crippen molar-refractivity contribution in [3.8, 4) is 0 Å². The molecule has 0 fully saturated rings. The lowest BCUT2D eigenvalue weighted by atomic mass is 9.79. The molecule has 0 radical (unpaired) electrons. The minimum Gasteiger partial charge on any atom is -0.481 e. The lowest BCUT2D eigenvalue weighted by Gasteiger charge is -2.27. The average Bonchev–Trinajstić information content (AvgIpc) is 2.28. The number of carboxylic acids is 1. The molecule has 0 aliphatic rings. The zero-order valence-electron chi connectivity index (χ0n) is 11.0. The number of hydrogen-bond acceptors (Lipinski definition) is 4. The Hall–Kier alpha value is -1.10. The fourth-order valence-corrected chi connectivity index (χ4v) is 1.53. The SMILES string of the molecule is CCC(C)(CC(C)C(=O)O)C(=O)OCCOC. The van der Waals surface area contributed by atoms with Crippen LogP contribution in [0.1, 0.15) is 33.6 Å². The molecule has 0 aliphatic carbocycles. The third kappa shape index (κ3) is 5.17. The normalized spacial score (nSPS) is 16.0. The number of carboxylic acid groups (broad SMARTS) is 1. The lowest BCUT2D eigenvalue weighted by Crippen LogP contribution is -2.33.